The highest BCUT2D eigenvalue weighted by molar-refractivity contribution is 5.33. The van der Waals surface area contributed by atoms with Gasteiger partial charge >= 0.3 is 0 Å². The van der Waals surface area contributed by atoms with Crippen LogP contribution in [0.2, 0.25) is 0 Å². The molecular weight excluding hydrogens is 268 g/mol. The molecule has 116 valence electrons. The van der Waals surface area contributed by atoms with Gasteiger partial charge in [-0.1, -0.05) is 26.7 Å². The first-order valence-electron chi connectivity index (χ1n) is 7.65. The Labute approximate surface area is 125 Å². The van der Waals surface area contributed by atoms with Crippen LogP contribution >= 0.6 is 0 Å². The van der Waals surface area contributed by atoms with Gasteiger partial charge in [-0.05, 0) is 36.0 Å². The third-order valence-electron chi connectivity index (χ3n) is 4.77. The molecule has 5 nitrogen and oxygen atoms in total. The molecule has 1 aliphatic carbocycles. The number of rotatable bonds is 5. The number of hydrogen-bond acceptors (Lipinski definition) is 4. The molecule has 1 aromatic rings. The van der Waals surface area contributed by atoms with Crippen molar-refractivity contribution in [3.8, 4) is 0 Å². The lowest BCUT2D eigenvalue weighted by atomic mass is 9.78. The summed E-state index contributed by atoms with van der Waals surface area (Å²) in [6.45, 7) is 5.03. The van der Waals surface area contributed by atoms with E-state index < -0.39 is 11.0 Å². The van der Waals surface area contributed by atoms with Crippen LogP contribution in [0.25, 0.3) is 0 Å². The van der Waals surface area contributed by atoms with E-state index in [0.29, 0.717) is 30.0 Å². The maximum atomic E-state index is 10.6. The average Bonchev–Trinajstić information content (AvgIpc) is 2.48. The molecule has 0 amide bonds. The van der Waals surface area contributed by atoms with Gasteiger partial charge in [-0.3, -0.25) is 10.1 Å². The number of nitrogens with one attached hydrogen (secondary N) is 1. The first-order chi connectivity index (χ1) is 9.99. The molecule has 2 N–H and O–H groups in total. The summed E-state index contributed by atoms with van der Waals surface area (Å²) in [5.41, 5.74) is 0.762. The summed E-state index contributed by atoms with van der Waals surface area (Å²) in [6.07, 6.45) is 3.04. The smallest absolute Gasteiger partial charge is 0.269 e. The number of non-ortho nitro benzene ring substituents is 1. The molecule has 4 atom stereocenters. The van der Waals surface area contributed by atoms with Crippen LogP contribution in [0.15, 0.2) is 24.3 Å². The second-order valence-electron chi connectivity index (χ2n) is 6.15. The highest BCUT2D eigenvalue weighted by Crippen LogP contribution is 2.29. The number of nitro groups is 1. The van der Waals surface area contributed by atoms with E-state index in [1.54, 1.807) is 12.1 Å². The van der Waals surface area contributed by atoms with Gasteiger partial charge in [-0.25, -0.2) is 0 Å². The molecule has 0 spiro atoms. The molecule has 0 aliphatic heterocycles. The van der Waals surface area contributed by atoms with Gasteiger partial charge in [0.25, 0.3) is 5.69 Å². The zero-order chi connectivity index (χ0) is 15.4. The predicted molar refractivity (Wildman–Crippen MR) is 82.0 cm³/mol. The molecule has 1 saturated carbocycles. The molecule has 1 aliphatic rings. The van der Waals surface area contributed by atoms with Crippen LogP contribution in [0.5, 0.6) is 0 Å². The van der Waals surface area contributed by atoms with Crippen molar-refractivity contribution in [2.24, 2.45) is 11.8 Å². The minimum absolute atomic E-state index is 0.0497. The predicted octanol–water partition coefficient (Wildman–Crippen LogP) is 3.04. The van der Waals surface area contributed by atoms with Gasteiger partial charge in [0.15, 0.2) is 0 Å². The van der Waals surface area contributed by atoms with Gasteiger partial charge in [0, 0.05) is 24.7 Å². The second-order valence-corrected chi connectivity index (χ2v) is 6.15. The van der Waals surface area contributed by atoms with Crippen molar-refractivity contribution in [2.75, 3.05) is 6.54 Å². The van der Waals surface area contributed by atoms with Gasteiger partial charge in [-0.15, -0.1) is 0 Å². The van der Waals surface area contributed by atoms with Crippen molar-refractivity contribution in [1.82, 2.24) is 5.32 Å². The Morgan fingerprint density at radius 3 is 2.62 bits per heavy atom. The lowest BCUT2D eigenvalue weighted by Gasteiger charge is -2.35. The largest absolute Gasteiger partial charge is 0.387 e. The van der Waals surface area contributed by atoms with Gasteiger partial charge in [0.1, 0.15) is 0 Å². The van der Waals surface area contributed by atoms with E-state index in [9.17, 15) is 15.2 Å². The molecule has 4 unspecified atom stereocenters. The number of hydrogen-bond donors (Lipinski definition) is 2. The molecule has 21 heavy (non-hydrogen) atoms. The fourth-order valence-corrected chi connectivity index (χ4v) is 3.07. The Bertz CT molecular complexity index is 475. The molecular formula is C16H24N2O3. The summed E-state index contributed by atoms with van der Waals surface area (Å²) in [6, 6.07) is 6.56. The molecule has 0 aromatic heterocycles. The monoisotopic (exact) mass is 292 g/mol. The van der Waals surface area contributed by atoms with Crippen LogP contribution in [0.3, 0.4) is 0 Å². The topological polar surface area (TPSA) is 75.4 Å². The lowest BCUT2D eigenvalue weighted by Crippen LogP contribution is -2.42. The third-order valence-corrected chi connectivity index (χ3v) is 4.77. The molecule has 1 fully saturated rings. The molecule has 1 aromatic carbocycles. The van der Waals surface area contributed by atoms with E-state index in [2.05, 4.69) is 19.2 Å². The highest BCUT2D eigenvalue weighted by atomic mass is 16.6. The van der Waals surface area contributed by atoms with Crippen LogP contribution in [-0.4, -0.2) is 22.6 Å². The Morgan fingerprint density at radius 2 is 2.00 bits per heavy atom. The quantitative estimate of drug-likeness (QED) is 0.646. The van der Waals surface area contributed by atoms with Crippen molar-refractivity contribution < 1.29 is 10.0 Å². The Morgan fingerprint density at radius 1 is 1.33 bits per heavy atom. The van der Waals surface area contributed by atoms with E-state index in [0.717, 1.165) is 6.42 Å². The Kier molecular flexibility index (Phi) is 5.31. The zero-order valence-corrected chi connectivity index (χ0v) is 12.7. The fourth-order valence-electron chi connectivity index (χ4n) is 3.07. The van der Waals surface area contributed by atoms with Crippen LogP contribution in [0.1, 0.15) is 44.8 Å². The molecule has 0 bridgehead atoms. The van der Waals surface area contributed by atoms with E-state index in [4.69, 9.17) is 0 Å². The van der Waals surface area contributed by atoms with Crippen LogP contribution < -0.4 is 5.32 Å². The van der Waals surface area contributed by atoms with Gasteiger partial charge in [0.05, 0.1) is 11.0 Å². The van der Waals surface area contributed by atoms with E-state index >= 15 is 0 Å². The molecule has 0 heterocycles. The average molecular weight is 292 g/mol. The normalized spacial score (nSPS) is 27.3. The van der Waals surface area contributed by atoms with Crippen molar-refractivity contribution in [2.45, 2.75) is 45.3 Å². The van der Waals surface area contributed by atoms with Crippen LogP contribution in [0.4, 0.5) is 5.69 Å². The summed E-state index contributed by atoms with van der Waals surface area (Å²) in [5.74, 6) is 1.33. The van der Waals surface area contributed by atoms with Crippen molar-refractivity contribution in [1.29, 1.82) is 0 Å². The standard InChI is InChI=1S/C16H24N2O3/c1-11-4-3-5-15(12(11)2)17-10-16(19)13-6-8-14(9-7-13)18(20)21/h6-9,11-12,15-17,19H,3-5,10H2,1-2H3. The van der Waals surface area contributed by atoms with Gasteiger partial charge in [-0.2, -0.15) is 0 Å². The first-order valence-corrected chi connectivity index (χ1v) is 7.65. The maximum absolute atomic E-state index is 10.6. The van der Waals surface area contributed by atoms with Crippen LogP contribution in [0, 0.1) is 22.0 Å². The lowest BCUT2D eigenvalue weighted by molar-refractivity contribution is -0.384. The highest BCUT2D eigenvalue weighted by Gasteiger charge is 2.27. The van der Waals surface area contributed by atoms with Crippen molar-refractivity contribution >= 4 is 5.69 Å². The first kappa shape index (κ1) is 15.9. The van der Waals surface area contributed by atoms with Gasteiger partial charge in [0.2, 0.25) is 0 Å². The van der Waals surface area contributed by atoms with Crippen LogP contribution in [-0.2, 0) is 0 Å². The van der Waals surface area contributed by atoms with Crippen molar-refractivity contribution in [3.05, 3.63) is 39.9 Å². The maximum Gasteiger partial charge on any atom is 0.269 e. The SMILES string of the molecule is CC1CCCC(NCC(O)c2ccc([N+](=O)[O-])cc2)C1C. The Balaban J connectivity index is 1.89. The van der Waals surface area contributed by atoms with E-state index in [1.165, 1.54) is 25.0 Å². The summed E-state index contributed by atoms with van der Waals surface area (Å²) >= 11 is 0. The summed E-state index contributed by atoms with van der Waals surface area (Å²) in [7, 11) is 0. The van der Waals surface area contributed by atoms with E-state index in [1.807, 2.05) is 0 Å². The van der Waals surface area contributed by atoms with Crippen molar-refractivity contribution in [3.63, 3.8) is 0 Å². The second kappa shape index (κ2) is 7.00. The molecule has 0 radical (unpaired) electrons. The Hall–Kier alpha value is -1.46. The number of nitro benzene ring substituents is 1. The minimum atomic E-state index is -0.629. The minimum Gasteiger partial charge on any atom is -0.387 e. The number of benzene rings is 1. The number of nitrogens with zero attached hydrogens (tertiary/aromatic N) is 1. The summed E-state index contributed by atoms with van der Waals surface area (Å²) in [5, 5.41) is 24.3. The van der Waals surface area contributed by atoms with Gasteiger partial charge < -0.3 is 10.4 Å². The molecule has 0 saturated heterocycles. The zero-order valence-electron chi connectivity index (χ0n) is 12.7. The molecule has 2 rings (SSSR count). The number of aliphatic hydroxyl groups excluding tert-OH is 1. The number of aliphatic hydroxyl groups is 1. The van der Waals surface area contributed by atoms with E-state index in [-0.39, 0.29) is 5.69 Å². The third kappa shape index (κ3) is 4.02. The summed E-state index contributed by atoms with van der Waals surface area (Å²) in [4.78, 5) is 10.2. The summed E-state index contributed by atoms with van der Waals surface area (Å²) < 4.78 is 0. The fraction of sp³-hybridized carbons (Fsp3) is 0.625. The molecule has 5 heteroatoms.